The zero-order valence-electron chi connectivity index (χ0n) is 26.0. The van der Waals surface area contributed by atoms with Crippen molar-refractivity contribution in [2.24, 2.45) is 0 Å². The summed E-state index contributed by atoms with van der Waals surface area (Å²) in [6.07, 6.45) is -0.514. The Morgan fingerprint density at radius 2 is 0.974 bits per heavy atom. The van der Waals surface area contributed by atoms with Crippen LogP contribution in [0.4, 0.5) is 10.5 Å². The van der Waals surface area contributed by atoms with Crippen molar-refractivity contribution in [3.63, 3.8) is 0 Å². The smallest absolute Gasteiger partial charge is 0.417 e. The Balaban J connectivity index is 2.29. The SMILES string of the molecule is CC(C)(C)c1cc(-c2cc(C(C)(C)C)c(OC(=O)Nc3ccccc3)c(C(C)(C)C)c2)cc(C(C)(C)C)c1O. The summed E-state index contributed by atoms with van der Waals surface area (Å²) in [7, 11) is 0. The molecule has 0 radical (unpaired) electrons. The standard InChI is InChI=1S/C35H47NO3/c1-32(2,3)25-18-22(19-26(29(25)37)33(4,5)6)23-20-27(34(7,8)9)30(28(21-23)35(10,11)12)39-31(38)36-24-16-14-13-15-17-24/h13-21,37H,1-12H3,(H,36,38). The Labute approximate surface area is 235 Å². The maximum Gasteiger partial charge on any atom is 0.417 e. The van der Waals surface area contributed by atoms with E-state index < -0.39 is 6.09 Å². The van der Waals surface area contributed by atoms with Gasteiger partial charge < -0.3 is 9.84 Å². The van der Waals surface area contributed by atoms with Crippen LogP contribution in [0.1, 0.15) is 105 Å². The van der Waals surface area contributed by atoms with Gasteiger partial charge >= 0.3 is 6.09 Å². The number of nitrogens with one attached hydrogen (secondary N) is 1. The maximum atomic E-state index is 13.1. The maximum absolute atomic E-state index is 13.1. The minimum Gasteiger partial charge on any atom is -0.507 e. The fraction of sp³-hybridized carbons (Fsp3) is 0.457. The molecule has 0 spiro atoms. The lowest BCUT2D eigenvalue weighted by molar-refractivity contribution is 0.213. The van der Waals surface area contributed by atoms with Gasteiger partial charge in [0.15, 0.2) is 0 Å². The third kappa shape index (κ3) is 7.03. The highest BCUT2D eigenvalue weighted by molar-refractivity contribution is 5.87. The van der Waals surface area contributed by atoms with Crippen molar-refractivity contribution in [1.82, 2.24) is 0 Å². The fourth-order valence-electron chi connectivity index (χ4n) is 4.72. The molecule has 210 valence electrons. The summed E-state index contributed by atoms with van der Waals surface area (Å²) in [5, 5.41) is 14.2. The van der Waals surface area contributed by atoms with Gasteiger partial charge in [-0.25, -0.2) is 4.79 Å². The van der Waals surface area contributed by atoms with Gasteiger partial charge in [-0.3, -0.25) is 5.32 Å². The van der Waals surface area contributed by atoms with Gasteiger partial charge in [0.2, 0.25) is 0 Å². The number of carbonyl (C=O) groups excluding carboxylic acids is 1. The van der Waals surface area contributed by atoms with Gasteiger partial charge in [0.05, 0.1) is 0 Å². The molecule has 0 atom stereocenters. The quantitative estimate of drug-likeness (QED) is 0.355. The minimum atomic E-state index is -0.514. The van der Waals surface area contributed by atoms with Crippen molar-refractivity contribution in [1.29, 1.82) is 0 Å². The lowest BCUT2D eigenvalue weighted by Gasteiger charge is -2.31. The number of amides is 1. The molecule has 0 aliphatic carbocycles. The molecule has 0 saturated carbocycles. The van der Waals surface area contributed by atoms with Crippen LogP contribution in [0.25, 0.3) is 11.1 Å². The molecule has 0 aliphatic rings. The highest BCUT2D eigenvalue weighted by Gasteiger charge is 2.31. The van der Waals surface area contributed by atoms with Gasteiger partial charge in [-0.1, -0.05) is 101 Å². The van der Waals surface area contributed by atoms with Gasteiger partial charge in [0, 0.05) is 27.9 Å². The van der Waals surface area contributed by atoms with Crippen LogP contribution in [0.2, 0.25) is 0 Å². The summed E-state index contributed by atoms with van der Waals surface area (Å²) in [6, 6.07) is 17.8. The van der Waals surface area contributed by atoms with Crippen LogP contribution in [0.15, 0.2) is 54.6 Å². The van der Waals surface area contributed by atoms with Crippen molar-refractivity contribution in [3.8, 4) is 22.6 Å². The fourth-order valence-corrected chi connectivity index (χ4v) is 4.72. The summed E-state index contributed by atoms with van der Waals surface area (Å²) < 4.78 is 6.11. The van der Waals surface area contributed by atoms with E-state index in [4.69, 9.17) is 4.74 Å². The molecule has 3 aromatic carbocycles. The van der Waals surface area contributed by atoms with E-state index in [2.05, 4.69) is 113 Å². The summed E-state index contributed by atoms with van der Waals surface area (Å²) in [6.45, 7) is 25.6. The van der Waals surface area contributed by atoms with E-state index in [1.165, 1.54) is 0 Å². The number of anilines is 1. The molecule has 0 aliphatic heterocycles. The lowest BCUT2D eigenvalue weighted by atomic mass is 9.75. The van der Waals surface area contributed by atoms with Gasteiger partial charge in [-0.05, 0) is 69.2 Å². The second-order valence-corrected chi connectivity index (χ2v) is 14.7. The predicted molar refractivity (Wildman–Crippen MR) is 164 cm³/mol. The van der Waals surface area contributed by atoms with E-state index in [1.807, 2.05) is 30.3 Å². The Bertz CT molecular complexity index is 1270. The summed E-state index contributed by atoms with van der Waals surface area (Å²) >= 11 is 0. The second-order valence-electron chi connectivity index (χ2n) is 14.7. The molecular formula is C35H47NO3. The number of phenolic OH excluding ortho intramolecular Hbond substituents is 1. The van der Waals surface area contributed by atoms with Crippen molar-refractivity contribution >= 4 is 11.8 Å². The zero-order valence-corrected chi connectivity index (χ0v) is 26.0. The molecule has 3 rings (SSSR count). The van der Waals surface area contributed by atoms with E-state index >= 15 is 0 Å². The van der Waals surface area contributed by atoms with Crippen LogP contribution >= 0.6 is 0 Å². The Morgan fingerprint density at radius 1 is 0.615 bits per heavy atom. The molecule has 0 fully saturated rings. The number of benzene rings is 3. The third-order valence-electron chi connectivity index (χ3n) is 6.98. The van der Waals surface area contributed by atoms with Crippen LogP contribution < -0.4 is 10.1 Å². The average Bonchev–Trinajstić information content (AvgIpc) is 2.77. The van der Waals surface area contributed by atoms with Gasteiger partial charge in [0.1, 0.15) is 11.5 Å². The first-order chi connectivity index (χ1) is 17.7. The Morgan fingerprint density at radius 3 is 1.33 bits per heavy atom. The molecule has 1 amide bonds. The van der Waals surface area contributed by atoms with Gasteiger partial charge in [-0.2, -0.15) is 0 Å². The second kappa shape index (κ2) is 10.4. The molecule has 3 aromatic rings. The molecule has 0 bridgehead atoms. The van der Waals surface area contributed by atoms with E-state index in [9.17, 15) is 9.90 Å². The summed E-state index contributed by atoms with van der Waals surface area (Å²) in [4.78, 5) is 13.1. The van der Waals surface area contributed by atoms with Crippen LogP contribution in [0.3, 0.4) is 0 Å². The third-order valence-corrected chi connectivity index (χ3v) is 6.98. The first kappa shape index (κ1) is 30.3. The number of hydrogen-bond donors (Lipinski definition) is 2. The molecule has 0 saturated heterocycles. The number of hydrogen-bond acceptors (Lipinski definition) is 3. The van der Waals surface area contributed by atoms with E-state index in [1.54, 1.807) is 0 Å². The molecule has 0 aromatic heterocycles. The normalized spacial score (nSPS) is 12.8. The molecule has 0 unspecified atom stereocenters. The average molecular weight is 530 g/mol. The van der Waals surface area contributed by atoms with Gasteiger partial charge in [0.25, 0.3) is 0 Å². The molecule has 0 heterocycles. The first-order valence-electron chi connectivity index (χ1n) is 13.8. The number of para-hydroxylation sites is 1. The minimum absolute atomic E-state index is 0.238. The van der Waals surface area contributed by atoms with Crippen molar-refractivity contribution in [3.05, 3.63) is 76.9 Å². The van der Waals surface area contributed by atoms with Crippen molar-refractivity contribution < 1.29 is 14.6 Å². The van der Waals surface area contributed by atoms with Crippen LogP contribution in [0, 0.1) is 0 Å². The van der Waals surface area contributed by atoms with E-state index in [0.29, 0.717) is 17.2 Å². The monoisotopic (exact) mass is 529 g/mol. The number of ether oxygens (including phenoxy) is 1. The van der Waals surface area contributed by atoms with Crippen molar-refractivity contribution in [2.45, 2.75) is 105 Å². The number of aromatic hydroxyl groups is 1. The lowest BCUT2D eigenvalue weighted by Crippen LogP contribution is -2.24. The number of phenols is 1. The Kier molecular flexibility index (Phi) is 8.05. The van der Waals surface area contributed by atoms with Crippen LogP contribution in [0.5, 0.6) is 11.5 Å². The van der Waals surface area contributed by atoms with Crippen molar-refractivity contribution in [2.75, 3.05) is 5.32 Å². The van der Waals surface area contributed by atoms with Crippen LogP contribution in [-0.2, 0) is 21.7 Å². The Hall–Kier alpha value is -3.27. The largest absolute Gasteiger partial charge is 0.507 e. The van der Waals surface area contributed by atoms with E-state index in [-0.39, 0.29) is 21.7 Å². The van der Waals surface area contributed by atoms with Crippen LogP contribution in [-0.4, -0.2) is 11.2 Å². The summed E-state index contributed by atoms with van der Waals surface area (Å²) in [5.41, 5.74) is 5.44. The molecule has 4 nitrogen and oxygen atoms in total. The molecule has 39 heavy (non-hydrogen) atoms. The molecule has 4 heteroatoms. The van der Waals surface area contributed by atoms with Gasteiger partial charge in [-0.15, -0.1) is 0 Å². The zero-order chi connectivity index (χ0) is 29.6. The topological polar surface area (TPSA) is 58.6 Å². The first-order valence-corrected chi connectivity index (χ1v) is 13.8. The highest BCUT2D eigenvalue weighted by Crippen LogP contribution is 2.46. The highest BCUT2D eigenvalue weighted by atomic mass is 16.6. The number of rotatable bonds is 3. The molecular weight excluding hydrogens is 482 g/mol. The van der Waals surface area contributed by atoms with E-state index in [0.717, 1.165) is 33.4 Å². The molecule has 2 N–H and O–H groups in total. The number of carbonyl (C=O) groups is 1. The predicted octanol–water partition coefficient (Wildman–Crippen LogP) is 9.86. The summed E-state index contributed by atoms with van der Waals surface area (Å²) in [5.74, 6) is 0.960.